The number of rotatable bonds is 7. The molecule has 12 heteroatoms. The summed E-state index contributed by atoms with van der Waals surface area (Å²) in [7, 11) is 0. The van der Waals surface area contributed by atoms with Gasteiger partial charge in [-0.1, -0.05) is 12.1 Å². The van der Waals surface area contributed by atoms with Crippen molar-refractivity contribution < 1.29 is 38.6 Å². The standard InChI is InChI=1S/C24H15BrN2O8S/c25-16-3-1-2-4-17(16)26-20(28)11-27-21(29)19(36-24(27)34)10-15-5-6-18(35-15)12-7-13(22(30)31)9-14(8-12)23(32)33/h1-10H,11H2,(H,26,28)(H,30,31)(H,32,33)/b19-10+. The lowest BCUT2D eigenvalue weighted by Crippen LogP contribution is -2.36. The lowest BCUT2D eigenvalue weighted by molar-refractivity contribution is -0.127. The van der Waals surface area contributed by atoms with Crippen LogP contribution < -0.4 is 5.32 Å². The number of carboxylic acids is 2. The number of amides is 3. The van der Waals surface area contributed by atoms with Gasteiger partial charge in [-0.3, -0.25) is 19.3 Å². The minimum Gasteiger partial charge on any atom is -0.478 e. The van der Waals surface area contributed by atoms with Gasteiger partial charge in [-0.25, -0.2) is 9.59 Å². The number of thioether (sulfide) groups is 1. The Bertz CT molecular complexity index is 1430. The molecule has 3 aromatic rings. The second-order valence-corrected chi connectivity index (χ2v) is 9.25. The number of carbonyl (C=O) groups is 5. The molecule has 2 heterocycles. The topological polar surface area (TPSA) is 154 Å². The van der Waals surface area contributed by atoms with Gasteiger partial charge in [0.15, 0.2) is 0 Å². The smallest absolute Gasteiger partial charge is 0.335 e. The fraction of sp³-hybridized carbons (Fsp3) is 0.0417. The highest BCUT2D eigenvalue weighted by atomic mass is 79.9. The summed E-state index contributed by atoms with van der Waals surface area (Å²) < 4.78 is 6.29. The van der Waals surface area contributed by atoms with E-state index in [9.17, 15) is 34.2 Å². The highest BCUT2D eigenvalue weighted by Crippen LogP contribution is 2.34. The van der Waals surface area contributed by atoms with E-state index >= 15 is 0 Å². The number of aromatic carboxylic acids is 2. The van der Waals surface area contributed by atoms with Crippen molar-refractivity contribution in [2.75, 3.05) is 11.9 Å². The quantitative estimate of drug-likeness (QED) is 0.340. The molecule has 3 amide bonds. The first-order valence-corrected chi connectivity index (χ1v) is 11.7. The summed E-state index contributed by atoms with van der Waals surface area (Å²) in [6, 6.07) is 13.4. The second-order valence-electron chi connectivity index (χ2n) is 7.41. The maximum Gasteiger partial charge on any atom is 0.335 e. The Hall–Kier alpha value is -4.16. The van der Waals surface area contributed by atoms with Gasteiger partial charge >= 0.3 is 11.9 Å². The molecule has 3 N–H and O–H groups in total. The molecular weight excluding hydrogens is 556 g/mol. The van der Waals surface area contributed by atoms with Gasteiger partial charge < -0.3 is 19.9 Å². The van der Waals surface area contributed by atoms with E-state index in [4.69, 9.17) is 4.42 Å². The van der Waals surface area contributed by atoms with Crippen LogP contribution in [-0.2, 0) is 9.59 Å². The van der Waals surface area contributed by atoms with Gasteiger partial charge in [-0.2, -0.15) is 0 Å². The Balaban J connectivity index is 1.51. The molecule has 2 aromatic carbocycles. The molecule has 1 fully saturated rings. The Morgan fingerprint density at radius 2 is 1.67 bits per heavy atom. The summed E-state index contributed by atoms with van der Waals surface area (Å²) >= 11 is 3.94. The van der Waals surface area contributed by atoms with Crippen LogP contribution in [0.4, 0.5) is 10.5 Å². The average molecular weight is 571 g/mol. The van der Waals surface area contributed by atoms with Crippen molar-refractivity contribution in [1.29, 1.82) is 0 Å². The number of anilines is 1. The van der Waals surface area contributed by atoms with Crippen molar-refractivity contribution in [3.63, 3.8) is 0 Å². The SMILES string of the molecule is O=C(CN1C(=O)S/C(=C/c2ccc(-c3cc(C(=O)O)cc(C(=O)O)c3)o2)C1=O)Nc1ccccc1Br. The highest BCUT2D eigenvalue weighted by Gasteiger charge is 2.36. The predicted molar refractivity (Wildman–Crippen MR) is 134 cm³/mol. The molecule has 0 saturated carbocycles. The first-order chi connectivity index (χ1) is 17.1. The molecule has 0 atom stereocenters. The molecule has 0 unspecified atom stereocenters. The maximum atomic E-state index is 12.7. The summed E-state index contributed by atoms with van der Waals surface area (Å²) in [6.07, 6.45) is 1.32. The summed E-state index contributed by atoms with van der Waals surface area (Å²) in [5.74, 6) is -3.50. The number of carbonyl (C=O) groups excluding carboxylic acids is 3. The van der Waals surface area contributed by atoms with Crippen molar-refractivity contribution in [1.82, 2.24) is 4.90 Å². The van der Waals surface area contributed by atoms with Crippen molar-refractivity contribution in [3.05, 3.63) is 80.9 Å². The van der Waals surface area contributed by atoms with Gasteiger partial charge in [-0.05, 0) is 70.2 Å². The number of halogens is 1. The Kier molecular flexibility index (Phi) is 7.08. The van der Waals surface area contributed by atoms with Crippen LogP contribution in [-0.4, -0.2) is 50.6 Å². The highest BCUT2D eigenvalue weighted by molar-refractivity contribution is 9.10. The van der Waals surface area contributed by atoms with Crippen molar-refractivity contribution >= 4 is 68.4 Å². The summed E-state index contributed by atoms with van der Waals surface area (Å²) in [4.78, 5) is 61.0. The van der Waals surface area contributed by atoms with E-state index in [0.717, 1.165) is 11.0 Å². The minimum absolute atomic E-state index is 0.0279. The van der Waals surface area contributed by atoms with E-state index in [-0.39, 0.29) is 33.1 Å². The number of hydrogen-bond acceptors (Lipinski definition) is 7. The average Bonchev–Trinajstić information content (AvgIpc) is 3.40. The number of nitrogens with one attached hydrogen (secondary N) is 1. The predicted octanol–water partition coefficient (Wildman–Crippen LogP) is 4.78. The van der Waals surface area contributed by atoms with E-state index in [1.807, 2.05) is 0 Å². The van der Waals surface area contributed by atoms with Crippen molar-refractivity contribution in [2.24, 2.45) is 0 Å². The molecule has 182 valence electrons. The molecule has 1 aliphatic rings. The Morgan fingerprint density at radius 3 is 2.31 bits per heavy atom. The largest absolute Gasteiger partial charge is 0.478 e. The van der Waals surface area contributed by atoms with Gasteiger partial charge in [0.25, 0.3) is 11.1 Å². The van der Waals surface area contributed by atoms with Crippen LogP contribution >= 0.6 is 27.7 Å². The molecule has 36 heavy (non-hydrogen) atoms. The molecular formula is C24H15BrN2O8S. The molecule has 0 aliphatic carbocycles. The Morgan fingerprint density at radius 1 is 1.00 bits per heavy atom. The fourth-order valence-electron chi connectivity index (χ4n) is 3.26. The first kappa shape index (κ1) is 24.9. The molecule has 1 aliphatic heterocycles. The third-order valence-corrected chi connectivity index (χ3v) is 6.53. The third kappa shape index (κ3) is 5.39. The zero-order valence-electron chi connectivity index (χ0n) is 18.1. The number of imide groups is 1. The van der Waals surface area contributed by atoms with Gasteiger partial charge in [0.2, 0.25) is 5.91 Å². The van der Waals surface area contributed by atoms with Crippen molar-refractivity contribution in [3.8, 4) is 11.3 Å². The van der Waals surface area contributed by atoms with E-state index < -0.39 is 35.5 Å². The van der Waals surface area contributed by atoms with Gasteiger partial charge in [0.05, 0.1) is 21.7 Å². The molecule has 1 aromatic heterocycles. The number of furan rings is 1. The number of nitrogens with zero attached hydrogens (tertiary/aromatic N) is 1. The van der Waals surface area contributed by atoms with E-state index in [2.05, 4.69) is 21.2 Å². The fourth-order valence-corrected chi connectivity index (χ4v) is 4.47. The van der Waals surface area contributed by atoms with Crippen LogP contribution in [0.2, 0.25) is 0 Å². The molecule has 1 saturated heterocycles. The monoisotopic (exact) mass is 570 g/mol. The number of carboxylic acid groups (broad SMARTS) is 2. The zero-order chi connectivity index (χ0) is 26.0. The lowest BCUT2D eigenvalue weighted by Gasteiger charge is -2.13. The molecule has 0 bridgehead atoms. The molecule has 0 spiro atoms. The number of benzene rings is 2. The van der Waals surface area contributed by atoms with E-state index in [1.54, 1.807) is 24.3 Å². The van der Waals surface area contributed by atoms with E-state index in [0.29, 0.717) is 21.9 Å². The van der Waals surface area contributed by atoms with Crippen molar-refractivity contribution in [2.45, 2.75) is 0 Å². The lowest BCUT2D eigenvalue weighted by atomic mass is 10.0. The van der Waals surface area contributed by atoms with Crippen LogP contribution in [0.5, 0.6) is 0 Å². The third-order valence-electron chi connectivity index (χ3n) is 4.93. The second kappa shape index (κ2) is 10.2. The summed E-state index contributed by atoms with van der Waals surface area (Å²) in [5, 5.41) is 20.5. The van der Waals surface area contributed by atoms with Crippen LogP contribution in [0.25, 0.3) is 17.4 Å². The minimum atomic E-state index is -1.30. The number of para-hydroxylation sites is 1. The zero-order valence-corrected chi connectivity index (χ0v) is 20.5. The Labute approximate surface area is 215 Å². The first-order valence-electron chi connectivity index (χ1n) is 10.1. The van der Waals surface area contributed by atoms with Crippen LogP contribution in [0.3, 0.4) is 0 Å². The summed E-state index contributed by atoms with van der Waals surface area (Å²) in [5.41, 5.74) is 0.240. The molecule has 10 nitrogen and oxygen atoms in total. The van der Waals surface area contributed by atoms with Gasteiger partial charge in [0.1, 0.15) is 18.1 Å². The van der Waals surface area contributed by atoms with Gasteiger partial charge in [-0.15, -0.1) is 0 Å². The number of hydrogen-bond donors (Lipinski definition) is 3. The van der Waals surface area contributed by atoms with Crippen LogP contribution in [0.15, 0.2) is 68.4 Å². The molecule has 4 rings (SSSR count). The normalized spacial score (nSPS) is 14.4. The van der Waals surface area contributed by atoms with Crippen LogP contribution in [0.1, 0.15) is 26.5 Å². The molecule has 0 radical (unpaired) electrons. The van der Waals surface area contributed by atoms with Crippen LogP contribution in [0, 0.1) is 0 Å². The maximum absolute atomic E-state index is 12.7. The van der Waals surface area contributed by atoms with Gasteiger partial charge in [0, 0.05) is 16.1 Å². The van der Waals surface area contributed by atoms with E-state index in [1.165, 1.54) is 30.3 Å². The summed E-state index contributed by atoms with van der Waals surface area (Å²) in [6.45, 7) is -0.479.